The van der Waals surface area contributed by atoms with Crippen LogP contribution in [0.5, 0.6) is 0 Å². The van der Waals surface area contributed by atoms with E-state index in [4.69, 9.17) is 0 Å². The molecule has 90 valence electrons. The molecule has 0 heterocycles. The zero-order valence-electron chi connectivity index (χ0n) is 11.0. The fourth-order valence-corrected chi connectivity index (χ4v) is 5.16. The zero-order valence-corrected chi connectivity index (χ0v) is 11.0. The molecule has 1 nitrogen and oxygen atoms in total. The highest BCUT2D eigenvalue weighted by Gasteiger charge is 2.71. The number of hydrogen-bond acceptors (Lipinski definition) is 1. The molecular formula is C15H24O. The lowest BCUT2D eigenvalue weighted by Crippen LogP contribution is -2.72. The number of aliphatic hydroxyl groups is 1. The molecule has 0 radical (unpaired) electrons. The third-order valence-electron chi connectivity index (χ3n) is 6.82. The van der Waals surface area contributed by atoms with Gasteiger partial charge in [0.15, 0.2) is 0 Å². The van der Waals surface area contributed by atoms with E-state index >= 15 is 0 Å². The predicted octanol–water partition coefficient (Wildman–Crippen LogP) is 3.53. The highest BCUT2D eigenvalue weighted by molar-refractivity contribution is 5.29. The summed E-state index contributed by atoms with van der Waals surface area (Å²) in [6.45, 7) is 9.25. The van der Waals surface area contributed by atoms with Gasteiger partial charge < -0.3 is 5.11 Å². The van der Waals surface area contributed by atoms with Crippen LogP contribution in [0.25, 0.3) is 0 Å². The first-order valence-electron chi connectivity index (χ1n) is 6.67. The van der Waals surface area contributed by atoms with E-state index in [9.17, 15) is 5.11 Å². The average molecular weight is 220 g/mol. The lowest BCUT2D eigenvalue weighted by Gasteiger charge is -2.72. The molecule has 4 atom stereocenters. The molecule has 4 unspecified atom stereocenters. The van der Waals surface area contributed by atoms with Gasteiger partial charge in [-0.15, -0.1) is 0 Å². The van der Waals surface area contributed by atoms with Gasteiger partial charge in [0.25, 0.3) is 0 Å². The summed E-state index contributed by atoms with van der Waals surface area (Å²) in [6.07, 6.45) is 9.22. The van der Waals surface area contributed by atoms with E-state index < -0.39 is 5.60 Å². The Balaban J connectivity index is 2.25. The van der Waals surface area contributed by atoms with E-state index in [1.165, 1.54) is 19.3 Å². The van der Waals surface area contributed by atoms with E-state index in [0.717, 1.165) is 6.42 Å². The quantitative estimate of drug-likeness (QED) is 0.619. The van der Waals surface area contributed by atoms with Gasteiger partial charge >= 0.3 is 0 Å². The highest BCUT2D eigenvalue weighted by atomic mass is 16.3. The van der Waals surface area contributed by atoms with Crippen molar-refractivity contribution in [2.75, 3.05) is 0 Å². The van der Waals surface area contributed by atoms with E-state index in [1.54, 1.807) is 0 Å². The number of hydrogen-bond donors (Lipinski definition) is 1. The Morgan fingerprint density at radius 2 is 1.88 bits per heavy atom. The molecule has 0 aromatic heterocycles. The molecule has 0 aromatic rings. The summed E-state index contributed by atoms with van der Waals surface area (Å²) in [7, 11) is 0. The normalized spacial score (nSPS) is 57.7. The first-order chi connectivity index (χ1) is 7.27. The highest BCUT2D eigenvalue weighted by Crippen LogP contribution is 2.73. The zero-order chi connectivity index (χ0) is 11.8. The van der Waals surface area contributed by atoms with Crippen molar-refractivity contribution in [1.82, 2.24) is 0 Å². The van der Waals surface area contributed by atoms with Crippen molar-refractivity contribution < 1.29 is 5.11 Å². The molecule has 1 N–H and O–H groups in total. The first-order valence-corrected chi connectivity index (χ1v) is 6.67. The van der Waals surface area contributed by atoms with Crippen molar-refractivity contribution in [2.24, 2.45) is 22.2 Å². The van der Waals surface area contributed by atoms with Gasteiger partial charge in [-0.25, -0.2) is 0 Å². The Labute approximate surface area is 98.9 Å². The van der Waals surface area contributed by atoms with Gasteiger partial charge in [0.05, 0.1) is 5.60 Å². The van der Waals surface area contributed by atoms with Crippen molar-refractivity contribution in [3.8, 4) is 0 Å². The molecule has 0 aliphatic heterocycles. The van der Waals surface area contributed by atoms with Crippen LogP contribution in [-0.4, -0.2) is 10.7 Å². The monoisotopic (exact) mass is 220 g/mol. The van der Waals surface area contributed by atoms with Gasteiger partial charge in [-0.05, 0) is 42.4 Å². The SMILES string of the molecule is CC12C=CCC3(O)C(C)(C)C(CCC13C)C2. The van der Waals surface area contributed by atoms with E-state index in [1.807, 2.05) is 0 Å². The summed E-state index contributed by atoms with van der Waals surface area (Å²) in [5.41, 5.74) is -0.125. The second-order valence-electron chi connectivity index (χ2n) is 7.38. The van der Waals surface area contributed by atoms with Crippen molar-refractivity contribution in [3.05, 3.63) is 12.2 Å². The molecule has 4 aliphatic carbocycles. The van der Waals surface area contributed by atoms with Gasteiger partial charge in [-0.3, -0.25) is 0 Å². The fourth-order valence-electron chi connectivity index (χ4n) is 5.16. The van der Waals surface area contributed by atoms with Gasteiger partial charge in [-0.2, -0.15) is 0 Å². The maximum Gasteiger partial charge on any atom is 0.0796 e. The lowest BCUT2D eigenvalue weighted by atomic mass is 9.34. The molecule has 0 spiro atoms. The summed E-state index contributed by atoms with van der Waals surface area (Å²) < 4.78 is 0. The third kappa shape index (κ3) is 0.827. The lowest BCUT2D eigenvalue weighted by molar-refractivity contribution is -0.282. The maximum absolute atomic E-state index is 11.3. The predicted molar refractivity (Wildman–Crippen MR) is 66.0 cm³/mol. The van der Waals surface area contributed by atoms with E-state index in [-0.39, 0.29) is 16.2 Å². The Morgan fingerprint density at radius 1 is 1.19 bits per heavy atom. The molecule has 3 fully saturated rings. The van der Waals surface area contributed by atoms with Crippen LogP contribution in [0.3, 0.4) is 0 Å². The molecule has 0 aromatic carbocycles. The topological polar surface area (TPSA) is 20.2 Å². The molecule has 0 amide bonds. The molecular weight excluding hydrogens is 196 g/mol. The average Bonchev–Trinajstić information content (AvgIpc) is 2.18. The van der Waals surface area contributed by atoms with Crippen molar-refractivity contribution in [2.45, 2.75) is 59.0 Å². The molecule has 3 saturated carbocycles. The minimum atomic E-state index is -0.495. The van der Waals surface area contributed by atoms with Crippen LogP contribution in [0.2, 0.25) is 0 Å². The second kappa shape index (κ2) is 2.58. The van der Waals surface area contributed by atoms with Gasteiger partial charge in [-0.1, -0.05) is 39.8 Å². The molecule has 0 saturated heterocycles. The summed E-state index contributed by atoms with van der Waals surface area (Å²) in [5.74, 6) is 0.689. The van der Waals surface area contributed by atoms with Crippen LogP contribution in [0.1, 0.15) is 53.4 Å². The standard InChI is InChI=1S/C15H24O/c1-12(2)11-6-9-14(4)13(3,10-11)7-5-8-15(12,14)16/h5,7,11,16H,6,8-10H2,1-4H3. The van der Waals surface area contributed by atoms with Crippen LogP contribution >= 0.6 is 0 Å². The first kappa shape index (κ1) is 10.8. The maximum atomic E-state index is 11.3. The van der Waals surface area contributed by atoms with E-state index in [2.05, 4.69) is 39.8 Å². The molecule has 16 heavy (non-hydrogen) atoms. The van der Waals surface area contributed by atoms with E-state index in [0.29, 0.717) is 5.92 Å². The largest absolute Gasteiger partial charge is 0.388 e. The Kier molecular flexibility index (Phi) is 1.75. The van der Waals surface area contributed by atoms with Crippen molar-refractivity contribution in [3.63, 3.8) is 0 Å². The summed E-state index contributed by atoms with van der Waals surface area (Å²) in [5, 5.41) is 11.3. The second-order valence-corrected chi connectivity index (χ2v) is 7.38. The van der Waals surface area contributed by atoms with Crippen LogP contribution < -0.4 is 0 Å². The Bertz CT molecular complexity index is 368. The smallest absolute Gasteiger partial charge is 0.0796 e. The van der Waals surface area contributed by atoms with Gasteiger partial charge in [0.2, 0.25) is 0 Å². The number of rotatable bonds is 0. The Hall–Kier alpha value is -0.300. The van der Waals surface area contributed by atoms with Crippen LogP contribution in [0.4, 0.5) is 0 Å². The molecule has 4 rings (SSSR count). The van der Waals surface area contributed by atoms with Gasteiger partial charge in [0, 0.05) is 5.41 Å². The van der Waals surface area contributed by atoms with Crippen molar-refractivity contribution >= 4 is 0 Å². The molecule has 4 aliphatic rings. The van der Waals surface area contributed by atoms with Crippen LogP contribution in [-0.2, 0) is 0 Å². The Morgan fingerprint density at radius 3 is 2.50 bits per heavy atom. The summed E-state index contributed by atoms with van der Waals surface area (Å²) >= 11 is 0. The summed E-state index contributed by atoms with van der Waals surface area (Å²) in [4.78, 5) is 0. The minimum Gasteiger partial charge on any atom is -0.388 e. The van der Waals surface area contributed by atoms with Gasteiger partial charge in [0.1, 0.15) is 0 Å². The minimum absolute atomic E-state index is 0.0737. The third-order valence-corrected chi connectivity index (χ3v) is 6.82. The molecule has 1 heteroatoms. The number of allylic oxidation sites excluding steroid dienone is 1. The fraction of sp³-hybridized carbons (Fsp3) is 0.867. The van der Waals surface area contributed by atoms with Crippen LogP contribution in [0, 0.1) is 22.2 Å². The molecule has 4 bridgehead atoms. The number of fused-ring (bicyclic) bond motifs is 1. The summed E-state index contributed by atoms with van der Waals surface area (Å²) in [6, 6.07) is 0. The van der Waals surface area contributed by atoms with Crippen molar-refractivity contribution in [1.29, 1.82) is 0 Å². The van der Waals surface area contributed by atoms with Crippen LogP contribution in [0.15, 0.2) is 12.2 Å².